The van der Waals surface area contributed by atoms with Crippen LogP contribution in [0.5, 0.6) is 5.75 Å². The van der Waals surface area contributed by atoms with E-state index in [0.717, 1.165) is 0 Å². The Morgan fingerprint density at radius 3 is 2.69 bits per heavy atom. The number of benzene rings is 1. The molecule has 0 saturated carbocycles. The second-order valence-electron chi connectivity index (χ2n) is 3.47. The van der Waals surface area contributed by atoms with Gasteiger partial charge in [-0.3, -0.25) is 4.79 Å². The smallest absolute Gasteiger partial charge is 0.263 e. The molecular weight excluding hydrogens is 202 g/mol. The van der Waals surface area contributed by atoms with E-state index >= 15 is 0 Å². The number of ether oxygens (including phenoxy) is 1. The van der Waals surface area contributed by atoms with Crippen LogP contribution in [0.2, 0.25) is 0 Å². The lowest BCUT2D eigenvalue weighted by molar-refractivity contribution is -0.135. The fourth-order valence-corrected chi connectivity index (χ4v) is 1.28. The first-order chi connectivity index (χ1) is 7.65. The van der Waals surface area contributed by atoms with Crippen LogP contribution in [0, 0.1) is 12.3 Å². The molecule has 1 atom stereocenters. The number of carbonyl (C=O) groups is 1. The fourth-order valence-electron chi connectivity index (χ4n) is 1.28. The molecule has 0 unspecified atom stereocenters. The molecule has 3 heteroatoms. The molecule has 0 aliphatic rings. The number of hydrogen-bond donors (Lipinski definition) is 0. The van der Waals surface area contributed by atoms with Crippen LogP contribution in [0.25, 0.3) is 0 Å². The second-order valence-corrected chi connectivity index (χ2v) is 3.47. The van der Waals surface area contributed by atoms with Crippen molar-refractivity contribution in [2.45, 2.75) is 13.0 Å². The lowest BCUT2D eigenvalue weighted by Crippen LogP contribution is -2.38. The molecule has 0 radical (unpaired) electrons. The molecule has 0 saturated heterocycles. The van der Waals surface area contributed by atoms with Crippen molar-refractivity contribution in [3.05, 3.63) is 30.3 Å². The zero-order valence-electron chi connectivity index (χ0n) is 9.51. The third kappa shape index (κ3) is 3.32. The van der Waals surface area contributed by atoms with Gasteiger partial charge in [0.15, 0.2) is 6.10 Å². The van der Waals surface area contributed by atoms with Crippen molar-refractivity contribution in [2.24, 2.45) is 0 Å². The monoisotopic (exact) mass is 217 g/mol. The van der Waals surface area contributed by atoms with Crippen LogP contribution in [-0.4, -0.2) is 30.5 Å². The summed E-state index contributed by atoms with van der Waals surface area (Å²) in [7, 11) is 1.66. The number of amides is 1. The standard InChI is InChI=1S/C13H15NO2/c1-4-10-14(3)13(15)11(2)16-12-8-6-5-7-9-12/h1,5-9,11H,10H2,2-3H3/t11-/m1/s1. The predicted molar refractivity (Wildman–Crippen MR) is 63.0 cm³/mol. The summed E-state index contributed by atoms with van der Waals surface area (Å²) in [5.74, 6) is 2.97. The van der Waals surface area contributed by atoms with Gasteiger partial charge in [-0.1, -0.05) is 24.1 Å². The zero-order valence-corrected chi connectivity index (χ0v) is 9.51. The molecule has 0 bridgehead atoms. The SMILES string of the molecule is C#CCN(C)C(=O)[C@@H](C)Oc1ccccc1. The molecule has 0 aliphatic carbocycles. The topological polar surface area (TPSA) is 29.5 Å². The van der Waals surface area contributed by atoms with Gasteiger partial charge in [-0.2, -0.15) is 0 Å². The van der Waals surface area contributed by atoms with Crippen LogP contribution in [0.3, 0.4) is 0 Å². The van der Waals surface area contributed by atoms with Gasteiger partial charge in [0.1, 0.15) is 5.75 Å². The lowest BCUT2D eigenvalue weighted by Gasteiger charge is -2.20. The number of carbonyl (C=O) groups excluding carboxylic acids is 1. The first-order valence-corrected chi connectivity index (χ1v) is 5.05. The number of terminal acetylenes is 1. The Kier molecular flexibility index (Phi) is 4.41. The van der Waals surface area contributed by atoms with E-state index in [2.05, 4.69) is 5.92 Å². The Labute approximate surface area is 96.0 Å². The van der Waals surface area contributed by atoms with E-state index in [0.29, 0.717) is 12.3 Å². The van der Waals surface area contributed by atoms with E-state index < -0.39 is 6.10 Å². The second kappa shape index (κ2) is 5.82. The molecule has 84 valence electrons. The van der Waals surface area contributed by atoms with E-state index in [9.17, 15) is 4.79 Å². The average Bonchev–Trinajstić information content (AvgIpc) is 2.29. The van der Waals surface area contributed by atoms with E-state index in [4.69, 9.17) is 11.2 Å². The summed E-state index contributed by atoms with van der Waals surface area (Å²) in [6.45, 7) is 2.00. The first-order valence-electron chi connectivity index (χ1n) is 5.05. The van der Waals surface area contributed by atoms with Crippen molar-refractivity contribution in [1.82, 2.24) is 4.90 Å². The van der Waals surface area contributed by atoms with Gasteiger partial charge < -0.3 is 9.64 Å². The molecule has 0 spiro atoms. The van der Waals surface area contributed by atoms with Crippen molar-refractivity contribution in [3.8, 4) is 18.1 Å². The molecule has 1 aromatic carbocycles. The van der Waals surface area contributed by atoms with Crippen LogP contribution in [0.4, 0.5) is 0 Å². The van der Waals surface area contributed by atoms with E-state index in [-0.39, 0.29) is 5.91 Å². The summed E-state index contributed by atoms with van der Waals surface area (Å²) in [5, 5.41) is 0. The number of nitrogens with zero attached hydrogens (tertiary/aromatic N) is 1. The summed E-state index contributed by atoms with van der Waals surface area (Å²) in [4.78, 5) is 13.2. The third-order valence-electron chi connectivity index (χ3n) is 2.11. The van der Waals surface area contributed by atoms with Crippen LogP contribution in [-0.2, 0) is 4.79 Å². The summed E-state index contributed by atoms with van der Waals surface area (Å²) in [6, 6.07) is 9.23. The summed E-state index contributed by atoms with van der Waals surface area (Å²) in [6.07, 6.45) is 4.61. The quantitative estimate of drug-likeness (QED) is 0.716. The predicted octanol–water partition coefficient (Wildman–Crippen LogP) is 1.55. The molecule has 3 nitrogen and oxygen atoms in total. The normalized spacial score (nSPS) is 11.3. The minimum atomic E-state index is -0.527. The maximum absolute atomic E-state index is 11.7. The van der Waals surface area contributed by atoms with Crippen molar-refractivity contribution >= 4 is 5.91 Å². The number of rotatable bonds is 4. The highest BCUT2D eigenvalue weighted by Gasteiger charge is 2.18. The number of likely N-dealkylation sites (N-methyl/N-ethyl adjacent to an activating group) is 1. The molecule has 0 aliphatic heterocycles. The molecule has 0 aromatic heterocycles. The van der Waals surface area contributed by atoms with Crippen molar-refractivity contribution in [3.63, 3.8) is 0 Å². The highest BCUT2D eigenvalue weighted by Crippen LogP contribution is 2.11. The summed E-state index contributed by atoms with van der Waals surface area (Å²) in [5.41, 5.74) is 0. The van der Waals surface area contributed by atoms with Gasteiger partial charge in [-0.25, -0.2) is 0 Å². The first kappa shape index (κ1) is 12.1. The van der Waals surface area contributed by atoms with E-state index in [1.165, 1.54) is 4.90 Å². The third-order valence-corrected chi connectivity index (χ3v) is 2.11. The molecule has 0 N–H and O–H groups in total. The van der Waals surface area contributed by atoms with Crippen LogP contribution in [0.1, 0.15) is 6.92 Å². The summed E-state index contributed by atoms with van der Waals surface area (Å²) < 4.78 is 5.48. The van der Waals surface area contributed by atoms with E-state index in [1.54, 1.807) is 14.0 Å². The van der Waals surface area contributed by atoms with E-state index in [1.807, 2.05) is 30.3 Å². The minimum Gasteiger partial charge on any atom is -0.481 e. The minimum absolute atomic E-state index is 0.123. The van der Waals surface area contributed by atoms with Crippen LogP contribution in [0.15, 0.2) is 30.3 Å². The number of hydrogen-bond acceptors (Lipinski definition) is 2. The van der Waals surface area contributed by atoms with Gasteiger partial charge in [0.2, 0.25) is 0 Å². The maximum atomic E-state index is 11.7. The van der Waals surface area contributed by atoms with Gasteiger partial charge >= 0.3 is 0 Å². The Morgan fingerprint density at radius 1 is 1.50 bits per heavy atom. The molecule has 0 fully saturated rings. The van der Waals surface area contributed by atoms with Crippen molar-refractivity contribution in [2.75, 3.05) is 13.6 Å². The number of para-hydroxylation sites is 1. The van der Waals surface area contributed by atoms with Gasteiger partial charge in [-0.15, -0.1) is 6.42 Å². The molecular formula is C13H15NO2. The molecule has 0 heterocycles. The Balaban J connectivity index is 2.56. The molecule has 1 amide bonds. The molecule has 1 rings (SSSR count). The maximum Gasteiger partial charge on any atom is 0.263 e. The molecule has 16 heavy (non-hydrogen) atoms. The summed E-state index contributed by atoms with van der Waals surface area (Å²) >= 11 is 0. The largest absolute Gasteiger partial charge is 0.481 e. The highest BCUT2D eigenvalue weighted by atomic mass is 16.5. The van der Waals surface area contributed by atoms with Gasteiger partial charge in [0.25, 0.3) is 5.91 Å². The van der Waals surface area contributed by atoms with Crippen molar-refractivity contribution in [1.29, 1.82) is 0 Å². The highest BCUT2D eigenvalue weighted by molar-refractivity contribution is 5.80. The van der Waals surface area contributed by atoms with Crippen LogP contribution >= 0.6 is 0 Å². The average molecular weight is 217 g/mol. The Morgan fingerprint density at radius 2 is 2.12 bits per heavy atom. The molecule has 1 aromatic rings. The van der Waals surface area contributed by atoms with Gasteiger partial charge in [0.05, 0.1) is 6.54 Å². The Hall–Kier alpha value is -1.95. The fraction of sp³-hybridized carbons (Fsp3) is 0.308. The lowest BCUT2D eigenvalue weighted by atomic mass is 10.3. The Bertz CT molecular complexity index is 381. The zero-order chi connectivity index (χ0) is 12.0. The van der Waals surface area contributed by atoms with Crippen LogP contribution < -0.4 is 4.74 Å². The van der Waals surface area contributed by atoms with Gasteiger partial charge in [0, 0.05) is 7.05 Å². The van der Waals surface area contributed by atoms with Gasteiger partial charge in [-0.05, 0) is 19.1 Å². The van der Waals surface area contributed by atoms with Crippen molar-refractivity contribution < 1.29 is 9.53 Å².